The van der Waals surface area contributed by atoms with E-state index in [-0.39, 0.29) is 18.0 Å². The Morgan fingerprint density at radius 2 is 1.92 bits per heavy atom. The lowest BCUT2D eigenvalue weighted by Gasteiger charge is -2.34. The smallest absolute Gasteiger partial charge is 0.252 e. The van der Waals surface area contributed by atoms with Crippen LogP contribution < -0.4 is 16.4 Å². The quantitative estimate of drug-likeness (QED) is 0.425. The summed E-state index contributed by atoms with van der Waals surface area (Å²) in [5.41, 5.74) is 5.50. The molecule has 0 aromatic heterocycles. The van der Waals surface area contributed by atoms with Crippen LogP contribution in [-0.4, -0.2) is 24.2 Å². The number of carbonyl (C=O) groups is 1. The number of carbonyl (C=O) groups excluding carboxylic acids is 1. The van der Waals surface area contributed by atoms with Crippen LogP contribution in [0.15, 0.2) is 24.3 Å². The Morgan fingerprint density at radius 3 is 2.67 bits per heavy atom. The van der Waals surface area contributed by atoms with Crippen molar-refractivity contribution >= 4 is 5.91 Å². The number of nitrogens with one attached hydrogen (secondary N) is 2. The summed E-state index contributed by atoms with van der Waals surface area (Å²) < 4.78 is 0. The van der Waals surface area contributed by atoms with Crippen molar-refractivity contribution in [1.82, 2.24) is 10.6 Å². The summed E-state index contributed by atoms with van der Waals surface area (Å²) >= 11 is 0. The summed E-state index contributed by atoms with van der Waals surface area (Å²) in [5.74, 6) is -0.142. The second-order valence-electron chi connectivity index (χ2n) is 2.97. The maximum atomic E-state index is 11.1. The lowest BCUT2D eigenvalue weighted by molar-refractivity contribution is -0.125. The molecule has 4 N–H and O–H groups in total. The highest BCUT2D eigenvalue weighted by Gasteiger charge is 2.30. The van der Waals surface area contributed by atoms with Crippen LogP contribution in [0.3, 0.4) is 0 Å². The molecule has 1 aliphatic heterocycles. The summed E-state index contributed by atoms with van der Waals surface area (Å²) in [6, 6.07) is 0.199. The van der Waals surface area contributed by atoms with Gasteiger partial charge < -0.3 is 11.1 Å². The Morgan fingerprint density at radius 1 is 1.25 bits per heavy atom. The molecule has 0 aromatic carbocycles. The van der Waals surface area contributed by atoms with Crippen molar-refractivity contribution < 1.29 is 4.79 Å². The molecule has 4 heteroatoms. The topological polar surface area (TPSA) is 67.2 Å². The van der Waals surface area contributed by atoms with Crippen LogP contribution in [0.5, 0.6) is 0 Å². The lowest BCUT2D eigenvalue weighted by Crippen LogP contribution is -2.66. The molecule has 3 unspecified atom stereocenters. The molecule has 1 fully saturated rings. The van der Waals surface area contributed by atoms with Gasteiger partial charge in [-0.15, -0.1) is 0 Å². The van der Waals surface area contributed by atoms with Gasteiger partial charge in [-0.3, -0.25) is 10.1 Å². The van der Waals surface area contributed by atoms with Gasteiger partial charge in [0.1, 0.15) is 6.17 Å². The van der Waals surface area contributed by atoms with Crippen molar-refractivity contribution in [3.63, 3.8) is 0 Å². The van der Waals surface area contributed by atoms with Crippen LogP contribution in [0.2, 0.25) is 0 Å². The minimum absolute atomic E-state index is 0.0577. The molecule has 64 valence electrons. The lowest BCUT2D eigenvalue weighted by atomic mass is 10.00. The molecule has 1 amide bonds. The standard InChI is InChI=1S/C8H11N3O/c9-7-8(12)11-6-4-2-1-3-5(6)10-7/h1-7,10H,9H2,(H,11,12). The summed E-state index contributed by atoms with van der Waals surface area (Å²) in [7, 11) is 0. The molecule has 3 atom stereocenters. The van der Waals surface area contributed by atoms with E-state index in [1.165, 1.54) is 0 Å². The third kappa shape index (κ3) is 1.15. The number of amides is 1. The van der Waals surface area contributed by atoms with Crippen molar-refractivity contribution in [1.29, 1.82) is 0 Å². The molecule has 1 aliphatic carbocycles. The maximum absolute atomic E-state index is 11.1. The van der Waals surface area contributed by atoms with Gasteiger partial charge in [0.25, 0.3) is 5.91 Å². The van der Waals surface area contributed by atoms with Gasteiger partial charge in [-0.1, -0.05) is 24.3 Å². The Balaban J connectivity index is 2.14. The highest BCUT2D eigenvalue weighted by molar-refractivity contribution is 5.82. The largest absolute Gasteiger partial charge is 0.345 e. The molecular formula is C8H11N3O. The average Bonchev–Trinajstić information content (AvgIpc) is 2.07. The van der Waals surface area contributed by atoms with E-state index in [2.05, 4.69) is 10.6 Å². The van der Waals surface area contributed by atoms with Gasteiger partial charge in [0, 0.05) is 0 Å². The molecule has 0 saturated carbocycles. The first-order chi connectivity index (χ1) is 5.77. The van der Waals surface area contributed by atoms with Crippen molar-refractivity contribution in [2.24, 2.45) is 5.73 Å². The van der Waals surface area contributed by atoms with E-state index in [9.17, 15) is 4.79 Å². The van der Waals surface area contributed by atoms with Crippen molar-refractivity contribution in [2.75, 3.05) is 0 Å². The molecule has 0 bridgehead atoms. The second-order valence-corrected chi connectivity index (χ2v) is 2.97. The molecule has 2 rings (SSSR count). The molecule has 1 saturated heterocycles. The van der Waals surface area contributed by atoms with E-state index in [4.69, 9.17) is 5.73 Å². The van der Waals surface area contributed by atoms with Crippen molar-refractivity contribution in [3.8, 4) is 0 Å². The first-order valence-electron chi connectivity index (χ1n) is 3.94. The Hall–Kier alpha value is -1.13. The van der Waals surface area contributed by atoms with E-state index in [1.54, 1.807) is 0 Å². The minimum Gasteiger partial charge on any atom is -0.345 e. The number of piperazine rings is 1. The molecule has 0 aromatic rings. The van der Waals surface area contributed by atoms with E-state index >= 15 is 0 Å². The molecule has 4 nitrogen and oxygen atoms in total. The Kier molecular flexibility index (Phi) is 1.71. The molecule has 12 heavy (non-hydrogen) atoms. The third-order valence-electron chi connectivity index (χ3n) is 2.10. The third-order valence-corrected chi connectivity index (χ3v) is 2.10. The summed E-state index contributed by atoms with van der Waals surface area (Å²) in [5, 5.41) is 5.80. The van der Waals surface area contributed by atoms with E-state index < -0.39 is 6.17 Å². The van der Waals surface area contributed by atoms with Gasteiger partial charge in [0.15, 0.2) is 0 Å². The fourth-order valence-electron chi connectivity index (χ4n) is 1.44. The van der Waals surface area contributed by atoms with Crippen molar-refractivity contribution in [2.45, 2.75) is 18.2 Å². The molecular weight excluding hydrogens is 154 g/mol. The van der Waals surface area contributed by atoms with Crippen molar-refractivity contribution in [3.05, 3.63) is 24.3 Å². The maximum Gasteiger partial charge on any atom is 0.252 e. The SMILES string of the molecule is NC1NC2C=CC=CC2NC1=O. The van der Waals surface area contributed by atoms with Gasteiger partial charge in [-0.05, 0) is 0 Å². The fourth-order valence-corrected chi connectivity index (χ4v) is 1.44. The average molecular weight is 165 g/mol. The summed E-state index contributed by atoms with van der Waals surface area (Å²) in [6.45, 7) is 0. The summed E-state index contributed by atoms with van der Waals surface area (Å²) in [6.07, 6.45) is 7.21. The highest BCUT2D eigenvalue weighted by atomic mass is 16.2. The second kappa shape index (κ2) is 2.73. The monoisotopic (exact) mass is 165 g/mol. The van der Waals surface area contributed by atoms with Gasteiger partial charge >= 0.3 is 0 Å². The molecule has 0 radical (unpaired) electrons. The number of fused-ring (bicyclic) bond motifs is 1. The first kappa shape index (κ1) is 7.52. The van der Waals surface area contributed by atoms with Crippen LogP contribution in [-0.2, 0) is 4.79 Å². The zero-order valence-corrected chi connectivity index (χ0v) is 6.53. The number of rotatable bonds is 0. The molecule has 2 aliphatic rings. The minimum atomic E-state index is -0.581. The van der Waals surface area contributed by atoms with E-state index in [0.29, 0.717) is 0 Å². The van der Waals surface area contributed by atoms with Crippen LogP contribution >= 0.6 is 0 Å². The predicted octanol–water partition coefficient (Wildman–Crippen LogP) is -1.15. The van der Waals surface area contributed by atoms with E-state index in [0.717, 1.165) is 0 Å². The Bertz CT molecular complexity index is 259. The zero-order chi connectivity index (χ0) is 8.55. The molecule has 1 heterocycles. The first-order valence-corrected chi connectivity index (χ1v) is 3.94. The van der Waals surface area contributed by atoms with Crippen LogP contribution in [0.25, 0.3) is 0 Å². The van der Waals surface area contributed by atoms with E-state index in [1.807, 2.05) is 24.3 Å². The van der Waals surface area contributed by atoms with Gasteiger partial charge in [0.2, 0.25) is 0 Å². The zero-order valence-electron chi connectivity index (χ0n) is 6.53. The van der Waals surface area contributed by atoms with Crippen LogP contribution in [0, 0.1) is 0 Å². The van der Waals surface area contributed by atoms with Gasteiger partial charge in [-0.25, -0.2) is 0 Å². The Labute approximate surface area is 70.5 Å². The fraction of sp³-hybridized carbons (Fsp3) is 0.375. The van der Waals surface area contributed by atoms with Crippen LogP contribution in [0.4, 0.5) is 0 Å². The predicted molar refractivity (Wildman–Crippen MR) is 45.1 cm³/mol. The summed E-state index contributed by atoms with van der Waals surface area (Å²) in [4.78, 5) is 11.1. The highest BCUT2D eigenvalue weighted by Crippen LogP contribution is 2.08. The number of hydrogen-bond acceptors (Lipinski definition) is 3. The molecule has 0 spiro atoms. The van der Waals surface area contributed by atoms with Gasteiger partial charge in [-0.2, -0.15) is 0 Å². The number of nitrogens with two attached hydrogens (primary N) is 1. The number of allylic oxidation sites excluding steroid dienone is 2. The van der Waals surface area contributed by atoms with Gasteiger partial charge in [0.05, 0.1) is 12.1 Å². The van der Waals surface area contributed by atoms with Crippen LogP contribution in [0.1, 0.15) is 0 Å². The number of hydrogen-bond donors (Lipinski definition) is 3. The normalized spacial score (nSPS) is 39.1.